The van der Waals surface area contributed by atoms with Crippen molar-refractivity contribution in [3.05, 3.63) is 42.5 Å². The second kappa shape index (κ2) is 6.72. The van der Waals surface area contributed by atoms with Crippen LogP contribution >= 0.6 is 11.8 Å². The Morgan fingerprint density at radius 2 is 2.35 bits per heavy atom. The number of hydrogen-bond acceptors (Lipinski definition) is 3. The fourth-order valence-electron chi connectivity index (χ4n) is 1.99. The van der Waals surface area contributed by atoms with Crippen LogP contribution in [0.5, 0.6) is 5.75 Å². The summed E-state index contributed by atoms with van der Waals surface area (Å²) in [6.45, 7) is 6.58. The first-order chi connectivity index (χ1) is 8.42. The maximum atomic E-state index is 5.65. The third-order valence-electron chi connectivity index (χ3n) is 2.85. The molecule has 0 saturated heterocycles. The second-order valence-corrected chi connectivity index (χ2v) is 5.26. The third kappa shape index (κ3) is 3.51. The maximum absolute atomic E-state index is 5.65. The topological polar surface area (TPSA) is 21.3 Å². The van der Waals surface area contributed by atoms with Crippen LogP contribution in [0.2, 0.25) is 0 Å². The maximum Gasteiger partial charge on any atom is 0.122 e. The molecule has 1 aliphatic rings. The summed E-state index contributed by atoms with van der Waals surface area (Å²) in [5, 5.41) is 3.49. The number of fused-ring (bicyclic) bond motifs is 1. The monoisotopic (exact) mass is 249 g/mol. The van der Waals surface area contributed by atoms with Crippen LogP contribution in [0.15, 0.2) is 36.9 Å². The predicted octanol–water partition coefficient (Wildman–Crippen LogP) is 2.67. The van der Waals surface area contributed by atoms with Gasteiger partial charge in [0.05, 0.1) is 6.61 Å². The lowest BCUT2D eigenvalue weighted by Crippen LogP contribution is -2.24. The van der Waals surface area contributed by atoms with Crippen molar-refractivity contribution in [2.24, 2.45) is 0 Å². The van der Waals surface area contributed by atoms with E-state index in [0.29, 0.717) is 5.92 Å². The zero-order valence-electron chi connectivity index (χ0n) is 10.0. The van der Waals surface area contributed by atoms with Gasteiger partial charge in [-0.3, -0.25) is 0 Å². The highest BCUT2D eigenvalue weighted by molar-refractivity contribution is 7.99. The summed E-state index contributed by atoms with van der Waals surface area (Å²) < 4.78 is 5.65. The smallest absolute Gasteiger partial charge is 0.122 e. The summed E-state index contributed by atoms with van der Waals surface area (Å²) in [6.07, 6.45) is 1.95. The van der Waals surface area contributed by atoms with Gasteiger partial charge in [-0.2, -0.15) is 11.8 Å². The molecule has 0 radical (unpaired) electrons. The molecule has 1 N–H and O–H groups in total. The van der Waals surface area contributed by atoms with E-state index >= 15 is 0 Å². The second-order valence-electron chi connectivity index (χ2n) is 4.11. The van der Waals surface area contributed by atoms with Gasteiger partial charge in [-0.15, -0.1) is 6.58 Å². The largest absolute Gasteiger partial charge is 0.493 e. The highest BCUT2D eigenvalue weighted by atomic mass is 32.2. The Morgan fingerprint density at radius 1 is 1.47 bits per heavy atom. The molecule has 0 aromatic heterocycles. The van der Waals surface area contributed by atoms with Gasteiger partial charge in [-0.05, 0) is 6.07 Å². The minimum absolute atomic E-state index is 0.510. The van der Waals surface area contributed by atoms with E-state index in [1.54, 1.807) is 0 Å². The van der Waals surface area contributed by atoms with Crippen LogP contribution in [0.4, 0.5) is 0 Å². The zero-order chi connectivity index (χ0) is 11.9. The summed E-state index contributed by atoms with van der Waals surface area (Å²) >= 11 is 1.91. The molecule has 0 saturated carbocycles. The van der Waals surface area contributed by atoms with Gasteiger partial charge >= 0.3 is 0 Å². The number of rotatable bonds is 7. The van der Waals surface area contributed by atoms with Crippen LogP contribution in [0, 0.1) is 0 Å². The van der Waals surface area contributed by atoms with Crippen molar-refractivity contribution in [3.8, 4) is 5.75 Å². The fraction of sp³-hybridized carbons (Fsp3) is 0.429. The van der Waals surface area contributed by atoms with Crippen LogP contribution in [0.1, 0.15) is 11.5 Å². The Bertz CT molecular complexity index is 367. The molecule has 2 nitrogen and oxygen atoms in total. The van der Waals surface area contributed by atoms with Crippen molar-refractivity contribution in [1.29, 1.82) is 0 Å². The minimum atomic E-state index is 0.510. The minimum Gasteiger partial charge on any atom is -0.493 e. The van der Waals surface area contributed by atoms with Gasteiger partial charge in [0.2, 0.25) is 0 Å². The lowest BCUT2D eigenvalue weighted by Gasteiger charge is -2.09. The van der Waals surface area contributed by atoms with Crippen LogP contribution in [0.25, 0.3) is 0 Å². The molecule has 3 heteroatoms. The first-order valence-electron chi connectivity index (χ1n) is 6.03. The molecular formula is C14H19NOS. The Hall–Kier alpha value is -0.930. The van der Waals surface area contributed by atoms with Crippen LogP contribution in [-0.2, 0) is 0 Å². The van der Waals surface area contributed by atoms with Gasteiger partial charge in [0.25, 0.3) is 0 Å². The first-order valence-corrected chi connectivity index (χ1v) is 7.18. The van der Waals surface area contributed by atoms with E-state index < -0.39 is 0 Å². The summed E-state index contributed by atoms with van der Waals surface area (Å²) in [7, 11) is 0. The zero-order valence-corrected chi connectivity index (χ0v) is 10.8. The molecule has 1 unspecified atom stereocenters. The third-order valence-corrected chi connectivity index (χ3v) is 3.81. The molecule has 0 amide bonds. The average molecular weight is 249 g/mol. The lowest BCUT2D eigenvalue weighted by molar-refractivity contribution is 0.327. The first kappa shape index (κ1) is 12.5. The molecule has 0 fully saturated rings. The van der Waals surface area contributed by atoms with E-state index in [9.17, 15) is 0 Å². The van der Waals surface area contributed by atoms with Crippen molar-refractivity contribution >= 4 is 11.8 Å². The quantitative estimate of drug-likeness (QED) is 0.593. The Kier molecular flexibility index (Phi) is 4.95. The summed E-state index contributed by atoms with van der Waals surface area (Å²) in [4.78, 5) is 0. The molecule has 17 heavy (non-hydrogen) atoms. The van der Waals surface area contributed by atoms with Crippen molar-refractivity contribution < 1.29 is 4.74 Å². The highest BCUT2D eigenvalue weighted by Gasteiger charge is 2.22. The molecule has 0 spiro atoms. The summed E-state index contributed by atoms with van der Waals surface area (Å²) in [5.74, 6) is 3.74. The van der Waals surface area contributed by atoms with Gasteiger partial charge in [0.1, 0.15) is 5.75 Å². The SMILES string of the molecule is C=CCSCCNCC1COc2ccccc21. The van der Waals surface area contributed by atoms with Gasteiger partial charge in [0.15, 0.2) is 0 Å². The number of nitrogens with one attached hydrogen (secondary N) is 1. The van der Waals surface area contributed by atoms with Crippen LogP contribution < -0.4 is 10.1 Å². The normalized spacial score (nSPS) is 17.5. The average Bonchev–Trinajstić information content (AvgIpc) is 2.77. The molecule has 92 valence electrons. The van der Waals surface area contributed by atoms with Crippen molar-refractivity contribution in [1.82, 2.24) is 5.32 Å². The van der Waals surface area contributed by atoms with Crippen molar-refractivity contribution in [3.63, 3.8) is 0 Å². The summed E-state index contributed by atoms with van der Waals surface area (Å²) in [6, 6.07) is 8.33. The van der Waals surface area contributed by atoms with Crippen LogP contribution in [-0.4, -0.2) is 31.2 Å². The molecular weight excluding hydrogens is 230 g/mol. The highest BCUT2D eigenvalue weighted by Crippen LogP contribution is 2.32. The molecule has 0 bridgehead atoms. The number of benzene rings is 1. The Labute approximate surface area is 107 Å². The molecule has 1 heterocycles. The molecule has 1 aromatic rings. The van der Waals surface area contributed by atoms with E-state index in [4.69, 9.17) is 4.74 Å². The standard InChI is InChI=1S/C14H19NOS/c1-2-8-17-9-7-15-10-12-11-16-14-6-4-3-5-13(12)14/h2-6,12,15H,1,7-11H2. The molecule has 1 atom stereocenters. The van der Waals surface area contributed by atoms with E-state index in [2.05, 4.69) is 30.1 Å². The molecule has 1 aliphatic heterocycles. The number of thioether (sulfide) groups is 1. The number of ether oxygens (including phenoxy) is 1. The van der Waals surface area contributed by atoms with E-state index in [1.807, 2.05) is 23.9 Å². The molecule has 1 aromatic carbocycles. The van der Waals surface area contributed by atoms with E-state index in [-0.39, 0.29) is 0 Å². The van der Waals surface area contributed by atoms with Gasteiger partial charge in [-0.25, -0.2) is 0 Å². The number of hydrogen-bond donors (Lipinski definition) is 1. The molecule has 0 aliphatic carbocycles. The van der Waals surface area contributed by atoms with Gasteiger partial charge in [0, 0.05) is 36.1 Å². The predicted molar refractivity (Wildman–Crippen MR) is 75.1 cm³/mol. The Morgan fingerprint density at radius 3 is 3.24 bits per heavy atom. The fourth-order valence-corrected chi connectivity index (χ4v) is 2.61. The van der Waals surface area contributed by atoms with E-state index in [0.717, 1.165) is 37.0 Å². The van der Waals surface area contributed by atoms with Crippen LogP contribution in [0.3, 0.4) is 0 Å². The van der Waals surface area contributed by atoms with E-state index in [1.165, 1.54) is 5.56 Å². The summed E-state index contributed by atoms with van der Waals surface area (Å²) in [5.41, 5.74) is 1.35. The van der Waals surface area contributed by atoms with Gasteiger partial charge < -0.3 is 10.1 Å². The van der Waals surface area contributed by atoms with Gasteiger partial charge in [-0.1, -0.05) is 24.3 Å². The van der Waals surface area contributed by atoms with Crippen molar-refractivity contribution in [2.75, 3.05) is 31.2 Å². The molecule has 2 rings (SSSR count). The number of para-hydroxylation sites is 1. The lowest BCUT2D eigenvalue weighted by atomic mass is 10.0. The van der Waals surface area contributed by atoms with Crippen molar-refractivity contribution in [2.45, 2.75) is 5.92 Å². The Balaban J connectivity index is 1.69.